The Morgan fingerprint density at radius 2 is 2.00 bits per heavy atom. The van der Waals surface area contributed by atoms with Crippen LogP contribution in [0.2, 0.25) is 0 Å². The topological polar surface area (TPSA) is 95.5 Å². The lowest BCUT2D eigenvalue weighted by atomic mass is 9.92. The van der Waals surface area contributed by atoms with Crippen molar-refractivity contribution in [2.24, 2.45) is 0 Å². The fourth-order valence-corrected chi connectivity index (χ4v) is 1.72. The predicted octanol–water partition coefficient (Wildman–Crippen LogP) is 1.72. The standard InChI is InChI=1S/C11H14N2O5/c1-8(13(16)17)11(7-12(14)15)9-4-3-5-10(6-9)18-2/h3-6,8,11H,7H2,1-2H3/t8-,11-/m1/s1. The van der Waals surface area contributed by atoms with E-state index in [1.807, 2.05) is 0 Å². The van der Waals surface area contributed by atoms with Crippen molar-refractivity contribution < 1.29 is 14.6 Å². The van der Waals surface area contributed by atoms with Crippen molar-refractivity contribution in [3.05, 3.63) is 50.1 Å². The minimum atomic E-state index is -1.03. The molecule has 0 radical (unpaired) electrons. The summed E-state index contributed by atoms with van der Waals surface area (Å²) in [4.78, 5) is 20.4. The van der Waals surface area contributed by atoms with E-state index >= 15 is 0 Å². The van der Waals surface area contributed by atoms with Crippen LogP contribution >= 0.6 is 0 Å². The first-order valence-electron chi connectivity index (χ1n) is 5.35. The number of methoxy groups -OCH3 is 1. The number of benzene rings is 1. The summed E-state index contributed by atoms with van der Waals surface area (Å²) in [6, 6.07) is 5.55. The molecule has 98 valence electrons. The first-order chi connectivity index (χ1) is 8.45. The van der Waals surface area contributed by atoms with Crippen LogP contribution in [0.15, 0.2) is 24.3 Å². The van der Waals surface area contributed by atoms with Crippen LogP contribution in [0.25, 0.3) is 0 Å². The maximum atomic E-state index is 10.8. The maximum absolute atomic E-state index is 10.8. The second-order valence-corrected chi connectivity index (χ2v) is 3.92. The van der Waals surface area contributed by atoms with E-state index in [-0.39, 0.29) is 0 Å². The quantitative estimate of drug-likeness (QED) is 0.568. The van der Waals surface area contributed by atoms with Crippen molar-refractivity contribution in [3.8, 4) is 5.75 Å². The van der Waals surface area contributed by atoms with E-state index in [2.05, 4.69) is 0 Å². The van der Waals surface area contributed by atoms with Crippen LogP contribution in [-0.2, 0) is 0 Å². The van der Waals surface area contributed by atoms with Crippen molar-refractivity contribution in [2.75, 3.05) is 13.7 Å². The lowest BCUT2D eigenvalue weighted by molar-refractivity contribution is -0.543. The van der Waals surface area contributed by atoms with Crippen LogP contribution < -0.4 is 4.74 Å². The van der Waals surface area contributed by atoms with Gasteiger partial charge in [-0.05, 0) is 17.7 Å². The Morgan fingerprint density at radius 1 is 1.33 bits per heavy atom. The normalized spacial score (nSPS) is 13.7. The Morgan fingerprint density at radius 3 is 2.50 bits per heavy atom. The highest BCUT2D eigenvalue weighted by Gasteiger charge is 2.32. The minimum absolute atomic E-state index is 0.477. The fourth-order valence-electron chi connectivity index (χ4n) is 1.72. The van der Waals surface area contributed by atoms with Gasteiger partial charge in [0.15, 0.2) is 0 Å². The zero-order valence-electron chi connectivity index (χ0n) is 10.1. The van der Waals surface area contributed by atoms with Gasteiger partial charge in [-0.3, -0.25) is 20.2 Å². The largest absolute Gasteiger partial charge is 0.497 e. The summed E-state index contributed by atoms with van der Waals surface area (Å²) < 4.78 is 5.01. The van der Waals surface area contributed by atoms with Gasteiger partial charge in [-0.2, -0.15) is 0 Å². The van der Waals surface area contributed by atoms with Crippen LogP contribution in [0.3, 0.4) is 0 Å². The molecule has 0 unspecified atom stereocenters. The van der Waals surface area contributed by atoms with E-state index in [0.717, 1.165) is 0 Å². The molecule has 1 rings (SSSR count). The van der Waals surface area contributed by atoms with Gasteiger partial charge in [-0.1, -0.05) is 12.1 Å². The summed E-state index contributed by atoms with van der Waals surface area (Å²) in [6.07, 6.45) is 0. The molecule has 0 aromatic heterocycles. The van der Waals surface area contributed by atoms with E-state index in [9.17, 15) is 20.2 Å². The SMILES string of the molecule is COc1cccc([C@H](C[N+](=O)[O-])[C@@H](C)[N+](=O)[O-])c1. The molecule has 0 aliphatic heterocycles. The predicted molar refractivity (Wildman–Crippen MR) is 64.1 cm³/mol. The van der Waals surface area contributed by atoms with Crippen LogP contribution in [0.4, 0.5) is 0 Å². The van der Waals surface area contributed by atoms with Gasteiger partial charge in [0.05, 0.1) is 7.11 Å². The molecule has 0 heterocycles. The molecular formula is C11H14N2O5. The Bertz CT molecular complexity index is 449. The molecule has 0 spiro atoms. The summed E-state index contributed by atoms with van der Waals surface area (Å²) in [5.41, 5.74) is 0.537. The molecule has 18 heavy (non-hydrogen) atoms. The van der Waals surface area contributed by atoms with Crippen LogP contribution in [0.5, 0.6) is 5.75 Å². The van der Waals surface area contributed by atoms with Crippen LogP contribution in [0.1, 0.15) is 18.4 Å². The molecule has 0 aliphatic carbocycles. The van der Waals surface area contributed by atoms with Crippen molar-refractivity contribution in [1.82, 2.24) is 0 Å². The Hall–Kier alpha value is -2.18. The number of hydrogen-bond donors (Lipinski definition) is 0. The summed E-state index contributed by atoms with van der Waals surface area (Å²) in [6.45, 7) is 0.892. The van der Waals surface area contributed by atoms with Crippen molar-refractivity contribution in [3.63, 3.8) is 0 Å². The fraction of sp³-hybridized carbons (Fsp3) is 0.455. The molecule has 0 N–H and O–H groups in total. The van der Waals surface area contributed by atoms with Gasteiger partial charge in [-0.25, -0.2) is 0 Å². The number of nitrogens with zero attached hydrogens (tertiary/aromatic N) is 2. The smallest absolute Gasteiger partial charge is 0.223 e. The Labute approximate surface area is 104 Å². The minimum Gasteiger partial charge on any atom is -0.497 e. The molecule has 1 aromatic carbocycles. The average Bonchev–Trinajstić information content (AvgIpc) is 2.34. The Kier molecular flexibility index (Phi) is 4.59. The average molecular weight is 254 g/mol. The van der Waals surface area contributed by atoms with Gasteiger partial charge in [0.1, 0.15) is 11.7 Å². The molecule has 0 aliphatic rings. The highest BCUT2D eigenvalue weighted by molar-refractivity contribution is 5.31. The first kappa shape index (κ1) is 13.9. The van der Waals surface area contributed by atoms with Crippen molar-refractivity contribution in [1.29, 1.82) is 0 Å². The molecule has 0 fully saturated rings. The summed E-state index contributed by atoms with van der Waals surface area (Å²) in [7, 11) is 1.47. The zero-order chi connectivity index (χ0) is 13.7. The maximum Gasteiger partial charge on any atom is 0.223 e. The van der Waals surface area contributed by atoms with Gasteiger partial charge < -0.3 is 4.74 Å². The highest BCUT2D eigenvalue weighted by atomic mass is 16.6. The number of hydrogen-bond acceptors (Lipinski definition) is 5. The number of rotatable bonds is 6. The zero-order valence-corrected chi connectivity index (χ0v) is 10.1. The summed E-state index contributed by atoms with van der Waals surface area (Å²) in [5.74, 6) is -0.249. The van der Waals surface area contributed by atoms with Crippen LogP contribution in [-0.4, -0.2) is 29.5 Å². The molecule has 0 saturated heterocycles. The molecule has 7 nitrogen and oxygen atoms in total. The van der Waals surface area contributed by atoms with Gasteiger partial charge in [0.25, 0.3) is 0 Å². The van der Waals surface area contributed by atoms with Crippen molar-refractivity contribution in [2.45, 2.75) is 18.9 Å². The molecule has 0 saturated carbocycles. The molecular weight excluding hydrogens is 240 g/mol. The van der Waals surface area contributed by atoms with Gasteiger partial charge in [0, 0.05) is 16.8 Å². The van der Waals surface area contributed by atoms with Gasteiger partial charge >= 0.3 is 0 Å². The highest BCUT2D eigenvalue weighted by Crippen LogP contribution is 2.25. The van der Waals surface area contributed by atoms with E-state index in [4.69, 9.17) is 4.74 Å². The van der Waals surface area contributed by atoms with Crippen LogP contribution in [0, 0.1) is 20.2 Å². The van der Waals surface area contributed by atoms with Gasteiger partial charge in [-0.15, -0.1) is 0 Å². The second-order valence-electron chi connectivity index (χ2n) is 3.92. The summed E-state index contributed by atoms with van der Waals surface area (Å²) >= 11 is 0. The third kappa shape index (κ3) is 3.41. The lowest BCUT2D eigenvalue weighted by Gasteiger charge is -2.15. The van der Waals surface area contributed by atoms with E-state index in [0.29, 0.717) is 11.3 Å². The molecule has 0 bridgehead atoms. The molecule has 1 aromatic rings. The lowest BCUT2D eigenvalue weighted by Crippen LogP contribution is -2.29. The third-order valence-corrected chi connectivity index (χ3v) is 2.78. The van der Waals surface area contributed by atoms with Crippen molar-refractivity contribution >= 4 is 0 Å². The summed E-state index contributed by atoms with van der Waals surface area (Å²) in [5, 5.41) is 21.4. The number of nitro groups is 2. The second kappa shape index (κ2) is 5.95. The Balaban J connectivity index is 3.07. The first-order valence-corrected chi connectivity index (χ1v) is 5.35. The van der Waals surface area contributed by atoms with Gasteiger partial charge in [0.2, 0.25) is 12.6 Å². The number of ether oxygens (including phenoxy) is 1. The monoisotopic (exact) mass is 254 g/mol. The van der Waals surface area contributed by atoms with E-state index in [1.165, 1.54) is 14.0 Å². The molecule has 0 amide bonds. The van der Waals surface area contributed by atoms with E-state index in [1.54, 1.807) is 24.3 Å². The van der Waals surface area contributed by atoms with E-state index < -0.39 is 28.4 Å². The third-order valence-electron chi connectivity index (χ3n) is 2.78. The molecule has 7 heteroatoms. The molecule has 2 atom stereocenters.